The molecule has 112 valence electrons. The minimum Gasteiger partial charge on any atom is -0.464 e. The van der Waals surface area contributed by atoms with Crippen LogP contribution in [-0.4, -0.2) is 10.9 Å². The number of pyridine rings is 1. The highest BCUT2D eigenvalue weighted by Gasteiger charge is 2.11. The number of nitrogens with one attached hydrogen (secondary N) is 1. The molecule has 0 aliphatic rings. The molecule has 0 saturated carbocycles. The second-order valence-corrected chi connectivity index (χ2v) is 5.47. The van der Waals surface area contributed by atoms with Crippen molar-refractivity contribution in [3.8, 4) is 0 Å². The number of benzene rings is 1. The number of hydrogen-bond donors (Lipinski definition) is 1. The Balaban J connectivity index is 1.77. The SMILES string of the molecule is CCc1ccc2occ(CC(=O)Nc3ccc(Cl)cn3)c2c1. The van der Waals surface area contributed by atoms with Crippen molar-refractivity contribution >= 4 is 34.3 Å². The molecule has 1 aromatic carbocycles. The molecule has 0 spiro atoms. The Morgan fingerprint density at radius 2 is 2.18 bits per heavy atom. The van der Waals surface area contributed by atoms with Crippen molar-refractivity contribution in [3.63, 3.8) is 0 Å². The molecule has 0 saturated heterocycles. The standard InChI is InChI=1S/C17H15ClN2O2/c1-2-11-3-5-15-14(7-11)12(10-22-15)8-17(21)20-16-6-4-13(18)9-19-16/h3-7,9-10H,2,8H2,1H3,(H,19,20,21). The molecular weight excluding hydrogens is 300 g/mol. The lowest BCUT2D eigenvalue weighted by Crippen LogP contribution is -2.15. The molecule has 0 bridgehead atoms. The molecule has 2 heterocycles. The molecule has 1 N–H and O–H groups in total. The lowest BCUT2D eigenvalue weighted by Gasteiger charge is -2.04. The first kappa shape index (κ1) is 14.6. The molecule has 0 aliphatic heterocycles. The number of anilines is 1. The molecule has 0 radical (unpaired) electrons. The zero-order valence-electron chi connectivity index (χ0n) is 12.1. The van der Waals surface area contributed by atoms with Gasteiger partial charge in [-0.05, 0) is 36.2 Å². The molecule has 1 amide bonds. The Morgan fingerprint density at radius 1 is 1.32 bits per heavy atom. The van der Waals surface area contributed by atoms with Gasteiger partial charge in [-0.25, -0.2) is 4.98 Å². The summed E-state index contributed by atoms with van der Waals surface area (Å²) in [6.45, 7) is 2.10. The van der Waals surface area contributed by atoms with Crippen LogP contribution in [0.2, 0.25) is 5.02 Å². The summed E-state index contributed by atoms with van der Waals surface area (Å²) < 4.78 is 5.50. The summed E-state index contributed by atoms with van der Waals surface area (Å²) in [6.07, 6.45) is 4.32. The first-order chi connectivity index (χ1) is 10.7. The minimum atomic E-state index is -0.139. The number of halogens is 1. The van der Waals surface area contributed by atoms with E-state index in [9.17, 15) is 4.79 Å². The molecule has 3 rings (SSSR count). The van der Waals surface area contributed by atoms with E-state index in [1.807, 2.05) is 12.1 Å². The Labute approximate surface area is 133 Å². The van der Waals surface area contributed by atoms with Gasteiger partial charge in [-0.3, -0.25) is 4.79 Å². The summed E-state index contributed by atoms with van der Waals surface area (Å²) in [6, 6.07) is 9.40. The van der Waals surface area contributed by atoms with E-state index in [0.717, 1.165) is 23.0 Å². The van der Waals surface area contributed by atoms with Gasteiger partial charge in [0.25, 0.3) is 0 Å². The van der Waals surface area contributed by atoms with Crippen molar-refractivity contribution in [2.24, 2.45) is 0 Å². The maximum absolute atomic E-state index is 12.1. The van der Waals surface area contributed by atoms with Crippen molar-refractivity contribution in [2.45, 2.75) is 19.8 Å². The molecule has 0 aliphatic carbocycles. The largest absolute Gasteiger partial charge is 0.464 e. The smallest absolute Gasteiger partial charge is 0.230 e. The van der Waals surface area contributed by atoms with Gasteiger partial charge >= 0.3 is 0 Å². The second kappa shape index (κ2) is 6.20. The van der Waals surface area contributed by atoms with Gasteiger partial charge in [-0.1, -0.05) is 24.6 Å². The fourth-order valence-electron chi connectivity index (χ4n) is 2.30. The fraction of sp³-hybridized carbons (Fsp3) is 0.176. The summed E-state index contributed by atoms with van der Waals surface area (Å²) >= 11 is 5.77. The van der Waals surface area contributed by atoms with Crippen LogP contribution in [0.15, 0.2) is 47.2 Å². The van der Waals surface area contributed by atoms with Crippen LogP contribution in [0.1, 0.15) is 18.1 Å². The zero-order valence-corrected chi connectivity index (χ0v) is 12.9. The Morgan fingerprint density at radius 3 is 2.91 bits per heavy atom. The van der Waals surface area contributed by atoms with E-state index in [1.54, 1.807) is 18.4 Å². The van der Waals surface area contributed by atoms with Gasteiger partial charge in [-0.15, -0.1) is 0 Å². The second-order valence-electron chi connectivity index (χ2n) is 5.03. The van der Waals surface area contributed by atoms with Crippen LogP contribution in [0.25, 0.3) is 11.0 Å². The van der Waals surface area contributed by atoms with Gasteiger partial charge in [0.15, 0.2) is 0 Å². The van der Waals surface area contributed by atoms with Crippen molar-refractivity contribution in [2.75, 3.05) is 5.32 Å². The molecular formula is C17H15ClN2O2. The number of fused-ring (bicyclic) bond motifs is 1. The van der Waals surface area contributed by atoms with E-state index in [-0.39, 0.29) is 12.3 Å². The maximum Gasteiger partial charge on any atom is 0.230 e. The number of rotatable bonds is 4. The predicted molar refractivity (Wildman–Crippen MR) is 87.2 cm³/mol. The average molecular weight is 315 g/mol. The van der Waals surface area contributed by atoms with E-state index >= 15 is 0 Å². The quantitative estimate of drug-likeness (QED) is 0.784. The van der Waals surface area contributed by atoms with E-state index in [2.05, 4.69) is 23.3 Å². The molecule has 22 heavy (non-hydrogen) atoms. The number of aryl methyl sites for hydroxylation is 1. The molecule has 5 heteroatoms. The van der Waals surface area contributed by atoms with E-state index in [0.29, 0.717) is 10.8 Å². The van der Waals surface area contributed by atoms with Gasteiger partial charge in [0.1, 0.15) is 11.4 Å². The summed E-state index contributed by atoms with van der Waals surface area (Å²) in [4.78, 5) is 16.2. The highest BCUT2D eigenvalue weighted by Crippen LogP contribution is 2.23. The van der Waals surface area contributed by atoms with Crippen LogP contribution in [0, 0.1) is 0 Å². The number of amides is 1. The van der Waals surface area contributed by atoms with Crippen LogP contribution in [0.3, 0.4) is 0 Å². The van der Waals surface area contributed by atoms with Crippen molar-refractivity contribution in [3.05, 3.63) is 58.9 Å². The van der Waals surface area contributed by atoms with Crippen molar-refractivity contribution in [1.82, 2.24) is 4.98 Å². The fourth-order valence-corrected chi connectivity index (χ4v) is 2.41. The van der Waals surface area contributed by atoms with E-state index < -0.39 is 0 Å². The van der Waals surface area contributed by atoms with Crippen molar-refractivity contribution in [1.29, 1.82) is 0 Å². The number of hydrogen-bond acceptors (Lipinski definition) is 3. The molecule has 3 aromatic rings. The number of aromatic nitrogens is 1. The number of nitrogens with zero attached hydrogens (tertiary/aromatic N) is 1. The Kier molecular flexibility index (Phi) is 4.11. The summed E-state index contributed by atoms with van der Waals surface area (Å²) in [7, 11) is 0. The monoisotopic (exact) mass is 314 g/mol. The Hall–Kier alpha value is -2.33. The Bertz CT molecular complexity index is 809. The topological polar surface area (TPSA) is 55.1 Å². The third kappa shape index (κ3) is 3.12. The molecule has 0 atom stereocenters. The first-order valence-corrected chi connectivity index (χ1v) is 7.44. The highest BCUT2D eigenvalue weighted by atomic mass is 35.5. The van der Waals surface area contributed by atoms with Crippen LogP contribution >= 0.6 is 11.6 Å². The highest BCUT2D eigenvalue weighted by molar-refractivity contribution is 6.30. The molecule has 0 unspecified atom stereocenters. The average Bonchev–Trinajstić information content (AvgIpc) is 2.91. The van der Waals surface area contributed by atoms with Crippen LogP contribution in [0.5, 0.6) is 0 Å². The van der Waals surface area contributed by atoms with Gasteiger partial charge in [0.2, 0.25) is 5.91 Å². The lowest BCUT2D eigenvalue weighted by molar-refractivity contribution is -0.115. The summed E-state index contributed by atoms with van der Waals surface area (Å²) in [5.74, 6) is 0.343. The van der Waals surface area contributed by atoms with E-state index in [1.165, 1.54) is 11.8 Å². The van der Waals surface area contributed by atoms with Gasteiger partial charge in [-0.2, -0.15) is 0 Å². The molecule has 2 aromatic heterocycles. The predicted octanol–water partition coefficient (Wildman–Crippen LogP) is 4.22. The normalized spacial score (nSPS) is 10.8. The lowest BCUT2D eigenvalue weighted by atomic mass is 10.1. The van der Waals surface area contributed by atoms with Crippen LogP contribution in [0.4, 0.5) is 5.82 Å². The first-order valence-electron chi connectivity index (χ1n) is 7.06. The number of carbonyl (C=O) groups excluding carboxylic acids is 1. The van der Waals surface area contributed by atoms with Gasteiger partial charge < -0.3 is 9.73 Å². The van der Waals surface area contributed by atoms with Gasteiger partial charge in [0.05, 0.1) is 17.7 Å². The summed E-state index contributed by atoms with van der Waals surface area (Å²) in [5.41, 5.74) is 2.89. The zero-order chi connectivity index (χ0) is 15.5. The molecule has 4 nitrogen and oxygen atoms in total. The van der Waals surface area contributed by atoms with Crippen LogP contribution < -0.4 is 5.32 Å². The van der Waals surface area contributed by atoms with E-state index in [4.69, 9.17) is 16.0 Å². The molecule has 0 fully saturated rings. The number of carbonyl (C=O) groups is 1. The third-order valence-electron chi connectivity index (χ3n) is 3.47. The van der Waals surface area contributed by atoms with Crippen LogP contribution in [-0.2, 0) is 17.6 Å². The maximum atomic E-state index is 12.1. The third-order valence-corrected chi connectivity index (χ3v) is 3.70. The summed E-state index contributed by atoms with van der Waals surface area (Å²) in [5, 5.41) is 4.27. The number of furan rings is 1. The minimum absolute atomic E-state index is 0.139. The van der Waals surface area contributed by atoms with Gasteiger partial charge in [0, 0.05) is 17.1 Å². The van der Waals surface area contributed by atoms with Crippen molar-refractivity contribution < 1.29 is 9.21 Å².